The number of pyridine rings is 1. The number of hydrogen-bond donors (Lipinski definition) is 2. The first-order valence-corrected chi connectivity index (χ1v) is 10.7. The number of ether oxygens (including phenoxy) is 1. The second-order valence-electron chi connectivity index (χ2n) is 8.19. The molecule has 0 unspecified atom stereocenters. The van der Waals surface area contributed by atoms with E-state index < -0.39 is 5.97 Å². The van der Waals surface area contributed by atoms with Crippen LogP contribution in [0.25, 0.3) is 22.2 Å². The number of furan rings is 1. The first-order chi connectivity index (χ1) is 15.5. The molecule has 5 rings (SSSR count). The third-order valence-corrected chi connectivity index (χ3v) is 6.16. The number of carboxylic acid groups (broad SMARTS) is 1. The molecule has 3 heterocycles. The van der Waals surface area contributed by atoms with Crippen molar-refractivity contribution < 1.29 is 19.1 Å². The van der Waals surface area contributed by atoms with Crippen LogP contribution in [-0.4, -0.2) is 22.7 Å². The minimum Gasteiger partial charge on any atom is -0.493 e. The van der Waals surface area contributed by atoms with Crippen molar-refractivity contribution in [1.29, 1.82) is 0 Å². The topological polar surface area (TPSA) is 84.6 Å². The maximum atomic E-state index is 11.1. The number of anilines is 1. The largest absolute Gasteiger partial charge is 0.493 e. The second-order valence-corrected chi connectivity index (χ2v) is 8.19. The predicted octanol–water partition coefficient (Wildman–Crippen LogP) is 5.67. The molecule has 0 radical (unpaired) electrons. The molecule has 4 aromatic rings. The van der Waals surface area contributed by atoms with Crippen LogP contribution >= 0.6 is 0 Å². The van der Waals surface area contributed by atoms with Crippen molar-refractivity contribution in [3.05, 3.63) is 77.2 Å². The zero-order valence-electron chi connectivity index (χ0n) is 18.0. The van der Waals surface area contributed by atoms with Gasteiger partial charge in [0, 0.05) is 46.9 Å². The van der Waals surface area contributed by atoms with Crippen LogP contribution in [0.15, 0.2) is 59.1 Å². The highest BCUT2D eigenvalue weighted by Gasteiger charge is 2.26. The van der Waals surface area contributed by atoms with Crippen molar-refractivity contribution in [1.82, 2.24) is 4.98 Å². The summed E-state index contributed by atoms with van der Waals surface area (Å²) < 4.78 is 11.6. The van der Waals surface area contributed by atoms with Crippen LogP contribution in [0, 0.1) is 13.8 Å². The quantitative estimate of drug-likeness (QED) is 0.411. The molecule has 0 bridgehead atoms. The summed E-state index contributed by atoms with van der Waals surface area (Å²) in [5.74, 6) is 0.733. The Bertz CT molecular complexity index is 1320. The highest BCUT2D eigenvalue weighted by atomic mass is 16.5. The Hall–Kier alpha value is -3.80. The molecule has 0 saturated heterocycles. The van der Waals surface area contributed by atoms with E-state index in [1.807, 2.05) is 37.3 Å². The Kier molecular flexibility index (Phi) is 5.05. The molecule has 6 nitrogen and oxygen atoms in total. The molecule has 0 amide bonds. The Labute approximate surface area is 185 Å². The number of hydrogen-bond acceptors (Lipinski definition) is 5. The van der Waals surface area contributed by atoms with Crippen LogP contribution < -0.4 is 10.1 Å². The molecule has 32 heavy (non-hydrogen) atoms. The zero-order valence-corrected chi connectivity index (χ0v) is 18.0. The highest BCUT2D eigenvalue weighted by molar-refractivity contribution is 5.94. The monoisotopic (exact) mass is 428 g/mol. The molecule has 1 aliphatic heterocycles. The maximum Gasteiger partial charge on any atom is 0.304 e. The van der Waals surface area contributed by atoms with E-state index in [9.17, 15) is 4.79 Å². The number of nitrogens with zero attached hydrogens (tertiary/aromatic N) is 1. The van der Waals surface area contributed by atoms with Crippen LogP contribution in [-0.2, 0) is 11.3 Å². The number of carboxylic acids is 1. The van der Waals surface area contributed by atoms with Crippen molar-refractivity contribution in [3.63, 3.8) is 0 Å². The van der Waals surface area contributed by atoms with Gasteiger partial charge in [0.05, 0.1) is 13.0 Å². The second kappa shape index (κ2) is 8.04. The van der Waals surface area contributed by atoms with Gasteiger partial charge < -0.3 is 19.6 Å². The molecule has 0 fully saturated rings. The van der Waals surface area contributed by atoms with E-state index in [1.54, 1.807) is 6.20 Å². The van der Waals surface area contributed by atoms with Crippen LogP contribution in [0.5, 0.6) is 5.75 Å². The highest BCUT2D eigenvalue weighted by Crippen LogP contribution is 2.38. The minimum atomic E-state index is -0.805. The first-order valence-electron chi connectivity index (χ1n) is 10.7. The zero-order chi connectivity index (χ0) is 22.2. The molecule has 0 saturated carbocycles. The van der Waals surface area contributed by atoms with E-state index in [1.165, 1.54) is 11.1 Å². The minimum absolute atomic E-state index is 0.0852. The molecule has 0 spiro atoms. The summed E-state index contributed by atoms with van der Waals surface area (Å²) in [6, 6.07) is 16.2. The summed E-state index contributed by atoms with van der Waals surface area (Å²) in [5.41, 5.74) is 7.16. The molecule has 0 aliphatic carbocycles. The van der Waals surface area contributed by atoms with E-state index in [2.05, 4.69) is 35.4 Å². The summed E-state index contributed by atoms with van der Waals surface area (Å²) in [4.78, 5) is 15.4. The number of aryl methyl sites for hydroxylation is 1. The lowest BCUT2D eigenvalue weighted by Gasteiger charge is -2.14. The number of aliphatic carboxylic acids is 1. The van der Waals surface area contributed by atoms with Crippen molar-refractivity contribution in [2.45, 2.75) is 32.7 Å². The number of rotatable bonds is 6. The lowest BCUT2D eigenvalue weighted by atomic mass is 9.95. The maximum absolute atomic E-state index is 11.1. The molecular weight excluding hydrogens is 404 g/mol. The molecule has 1 aliphatic rings. The summed E-state index contributed by atoms with van der Waals surface area (Å²) in [6.07, 6.45) is 1.83. The van der Waals surface area contributed by atoms with E-state index in [0.29, 0.717) is 18.9 Å². The molecule has 2 aromatic carbocycles. The molecule has 2 N–H and O–H groups in total. The fourth-order valence-corrected chi connectivity index (χ4v) is 4.49. The number of fused-ring (bicyclic) bond motifs is 2. The van der Waals surface area contributed by atoms with Gasteiger partial charge in [0.15, 0.2) is 0 Å². The van der Waals surface area contributed by atoms with Gasteiger partial charge in [0.2, 0.25) is 5.71 Å². The van der Waals surface area contributed by atoms with E-state index in [4.69, 9.17) is 14.3 Å². The molecule has 162 valence electrons. The smallest absolute Gasteiger partial charge is 0.304 e. The number of aromatic nitrogens is 1. The van der Waals surface area contributed by atoms with E-state index in [-0.39, 0.29) is 12.3 Å². The number of benzene rings is 2. The number of carbonyl (C=O) groups is 1. The standard InChI is InChI=1S/C26H24N2O4/c1-15-17(5-3-6-20(15)25-16(2)32-26-22(25)7-4-10-27-26)13-28-19-8-9-21-18(11-24(29)30)14-31-23(21)12-19/h3-10,12,18,28H,11,13-14H2,1-2H3,(H,29,30)/t18-/m1/s1. The molecular formula is C26H24N2O4. The van der Waals surface area contributed by atoms with Gasteiger partial charge in [0.25, 0.3) is 0 Å². The Morgan fingerprint density at radius 1 is 1.19 bits per heavy atom. The average Bonchev–Trinajstić information content (AvgIpc) is 3.32. The Balaban J connectivity index is 1.39. The number of nitrogens with one attached hydrogen (secondary N) is 1. The SMILES string of the molecule is Cc1oc2ncccc2c1-c1cccc(CNc2ccc3c(c2)OC[C@H]3CC(=O)O)c1C. The molecule has 1 atom stereocenters. The molecule has 2 aromatic heterocycles. The van der Waals surface area contributed by atoms with Crippen LogP contribution in [0.4, 0.5) is 5.69 Å². The first kappa shape index (κ1) is 20.1. The van der Waals surface area contributed by atoms with E-state index >= 15 is 0 Å². The van der Waals surface area contributed by atoms with Crippen LogP contribution in [0.2, 0.25) is 0 Å². The Morgan fingerprint density at radius 3 is 2.91 bits per heavy atom. The van der Waals surface area contributed by atoms with Crippen molar-refractivity contribution >= 4 is 22.8 Å². The lowest BCUT2D eigenvalue weighted by Crippen LogP contribution is -2.07. The third-order valence-electron chi connectivity index (χ3n) is 6.16. The van der Waals surface area contributed by atoms with Gasteiger partial charge >= 0.3 is 5.97 Å². The normalized spacial score (nSPS) is 14.9. The fraction of sp³-hybridized carbons (Fsp3) is 0.231. The van der Waals surface area contributed by atoms with Gasteiger partial charge in [0.1, 0.15) is 11.5 Å². The summed E-state index contributed by atoms with van der Waals surface area (Å²) in [7, 11) is 0. The van der Waals surface area contributed by atoms with Gasteiger partial charge in [-0.25, -0.2) is 4.98 Å². The van der Waals surface area contributed by atoms with Gasteiger partial charge in [-0.3, -0.25) is 4.79 Å². The van der Waals surface area contributed by atoms with Gasteiger partial charge in [-0.05, 0) is 48.7 Å². The van der Waals surface area contributed by atoms with Crippen LogP contribution in [0.3, 0.4) is 0 Å². The fourth-order valence-electron chi connectivity index (χ4n) is 4.49. The van der Waals surface area contributed by atoms with E-state index in [0.717, 1.165) is 39.3 Å². The third kappa shape index (κ3) is 3.58. The summed E-state index contributed by atoms with van der Waals surface area (Å²) in [6.45, 7) is 5.18. The van der Waals surface area contributed by atoms with Gasteiger partial charge in [-0.2, -0.15) is 0 Å². The Morgan fingerprint density at radius 2 is 2.06 bits per heavy atom. The summed E-state index contributed by atoms with van der Waals surface area (Å²) in [5, 5.41) is 13.6. The van der Waals surface area contributed by atoms with Crippen molar-refractivity contribution in [2.75, 3.05) is 11.9 Å². The summed E-state index contributed by atoms with van der Waals surface area (Å²) >= 11 is 0. The van der Waals surface area contributed by atoms with Crippen LogP contribution in [0.1, 0.15) is 34.8 Å². The molecule has 6 heteroatoms. The van der Waals surface area contributed by atoms with Crippen molar-refractivity contribution in [2.24, 2.45) is 0 Å². The van der Waals surface area contributed by atoms with Gasteiger partial charge in [-0.1, -0.05) is 24.3 Å². The van der Waals surface area contributed by atoms with Crippen molar-refractivity contribution in [3.8, 4) is 16.9 Å². The lowest BCUT2D eigenvalue weighted by molar-refractivity contribution is -0.137. The average molecular weight is 428 g/mol. The van der Waals surface area contributed by atoms with Gasteiger partial charge in [-0.15, -0.1) is 0 Å². The predicted molar refractivity (Wildman–Crippen MR) is 123 cm³/mol.